The second kappa shape index (κ2) is 8.68. The molecule has 1 aliphatic heterocycles. The first-order valence-electron chi connectivity index (χ1n) is 9.03. The highest BCUT2D eigenvalue weighted by atomic mass is 16.5. The Kier molecular flexibility index (Phi) is 6.08. The summed E-state index contributed by atoms with van der Waals surface area (Å²) in [5.41, 5.74) is 0.957. The molecule has 2 aromatic rings. The summed E-state index contributed by atoms with van der Waals surface area (Å²) >= 11 is 0. The van der Waals surface area contributed by atoms with Crippen molar-refractivity contribution in [3.05, 3.63) is 42.2 Å². The third-order valence-corrected chi connectivity index (χ3v) is 4.44. The van der Waals surface area contributed by atoms with E-state index in [1.54, 1.807) is 44.4 Å². The summed E-state index contributed by atoms with van der Waals surface area (Å²) in [5, 5.41) is 10.6. The van der Waals surface area contributed by atoms with Crippen LogP contribution in [0, 0.1) is 0 Å². The van der Waals surface area contributed by atoms with E-state index < -0.39 is 0 Å². The van der Waals surface area contributed by atoms with Gasteiger partial charge in [-0.1, -0.05) is 6.07 Å². The molecule has 27 heavy (non-hydrogen) atoms. The molecule has 0 bridgehead atoms. The topological polar surface area (TPSA) is 88.5 Å². The normalized spacial score (nSPS) is 16.6. The quantitative estimate of drug-likeness (QED) is 0.804. The lowest BCUT2D eigenvalue weighted by molar-refractivity contribution is -0.130. The first kappa shape index (κ1) is 18.9. The smallest absolute Gasteiger partial charge is 0.276 e. The predicted octanol–water partition coefficient (Wildman–Crippen LogP) is 1.53. The van der Waals surface area contributed by atoms with E-state index >= 15 is 0 Å². The fourth-order valence-corrected chi connectivity index (χ4v) is 2.85. The lowest BCUT2D eigenvalue weighted by atomic mass is 10.1. The maximum atomic E-state index is 12.5. The van der Waals surface area contributed by atoms with Crippen LogP contribution in [-0.2, 0) is 4.79 Å². The van der Waals surface area contributed by atoms with Crippen molar-refractivity contribution in [1.82, 2.24) is 20.0 Å². The van der Waals surface area contributed by atoms with Crippen LogP contribution >= 0.6 is 0 Å². The van der Waals surface area contributed by atoms with Crippen LogP contribution in [0.1, 0.15) is 29.4 Å². The largest absolute Gasteiger partial charge is 0.484 e. The highest BCUT2D eigenvalue weighted by Crippen LogP contribution is 2.19. The van der Waals surface area contributed by atoms with Gasteiger partial charge in [0.25, 0.3) is 11.8 Å². The van der Waals surface area contributed by atoms with Crippen LogP contribution in [0.4, 0.5) is 5.69 Å². The van der Waals surface area contributed by atoms with Gasteiger partial charge in [0.05, 0.1) is 6.04 Å². The summed E-state index contributed by atoms with van der Waals surface area (Å²) in [4.78, 5) is 25.5. The van der Waals surface area contributed by atoms with Crippen molar-refractivity contribution in [2.45, 2.75) is 18.9 Å². The predicted molar refractivity (Wildman–Crippen MR) is 102 cm³/mol. The molecule has 1 fully saturated rings. The Morgan fingerprint density at radius 3 is 2.96 bits per heavy atom. The molecule has 8 nitrogen and oxygen atoms in total. The van der Waals surface area contributed by atoms with E-state index in [2.05, 4.69) is 15.7 Å². The Labute approximate surface area is 158 Å². The molecule has 8 heteroatoms. The number of carbonyl (C=O) groups excluding carboxylic acids is 2. The van der Waals surface area contributed by atoms with Crippen LogP contribution in [0.5, 0.6) is 5.75 Å². The Morgan fingerprint density at radius 1 is 1.37 bits per heavy atom. The van der Waals surface area contributed by atoms with E-state index in [1.165, 1.54) is 4.90 Å². The monoisotopic (exact) mass is 371 g/mol. The number of hydrogen-bond acceptors (Lipinski definition) is 5. The van der Waals surface area contributed by atoms with Gasteiger partial charge in [0, 0.05) is 38.6 Å². The van der Waals surface area contributed by atoms with Crippen LogP contribution in [-0.4, -0.2) is 60.3 Å². The zero-order chi connectivity index (χ0) is 19.2. The number of piperidine rings is 1. The molecule has 0 radical (unpaired) electrons. The van der Waals surface area contributed by atoms with Gasteiger partial charge in [-0.05, 0) is 37.6 Å². The van der Waals surface area contributed by atoms with E-state index in [0.717, 1.165) is 25.9 Å². The number of amides is 2. The number of anilines is 1. The van der Waals surface area contributed by atoms with Crippen LogP contribution in [0.25, 0.3) is 0 Å². The van der Waals surface area contributed by atoms with Gasteiger partial charge < -0.3 is 20.3 Å². The molecule has 1 unspecified atom stereocenters. The number of aromatic nitrogens is 2. The summed E-state index contributed by atoms with van der Waals surface area (Å²) in [5.74, 6) is 0.105. The molecule has 1 saturated heterocycles. The zero-order valence-electron chi connectivity index (χ0n) is 15.6. The third kappa shape index (κ3) is 5.07. The molecule has 144 valence electrons. The van der Waals surface area contributed by atoms with Crippen molar-refractivity contribution in [2.75, 3.05) is 39.1 Å². The maximum Gasteiger partial charge on any atom is 0.276 e. The Hall–Kier alpha value is -2.87. The molecule has 0 spiro atoms. The van der Waals surface area contributed by atoms with Gasteiger partial charge in [-0.15, -0.1) is 0 Å². The van der Waals surface area contributed by atoms with Gasteiger partial charge in [-0.3, -0.25) is 14.3 Å². The number of hydrogen-bond donors (Lipinski definition) is 2. The molecule has 0 saturated carbocycles. The summed E-state index contributed by atoms with van der Waals surface area (Å²) < 4.78 is 7.33. The molecule has 0 aliphatic carbocycles. The number of carbonyl (C=O) groups is 2. The molecule has 1 aliphatic rings. The molecular formula is C19H25N5O3. The highest BCUT2D eigenvalue weighted by Gasteiger charge is 2.18. The van der Waals surface area contributed by atoms with Gasteiger partial charge in [-0.2, -0.15) is 5.10 Å². The first-order chi connectivity index (χ1) is 13.0. The van der Waals surface area contributed by atoms with Crippen molar-refractivity contribution in [3.8, 4) is 5.75 Å². The van der Waals surface area contributed by atoms with Crippen LogP contribution in [0.3, 0.4) is 0 Å². The third-order valence-electron chi connectivity index (χ3n) is 4.44. The summed E-state index contributed by atoms with van der Waals surface area (Å²) in [6, 6.07) is 8.95. The fourth-order valence-electron chi connectivity index (χ4n) is 2.85. The molecule has 1 aromatic heterocycles. The van der Waals surface area contributed by atoms with E-state index in [1.807, 2.05) is 10.9 Å². The van der Waals surface area contributed by atoms with Crippen LogP contribution < -0.4 is 15.4 Å². The molecule has 1 aromatic carbocycles. The maximum absolute atomic E-state index is 12.5. The molecule has 3 rings (SSSR count). The lowest BCUT2D eigenvalue weighted by Gasteiger charge is -2.22. The van der Waals surface area contributed by atoms with Crippen molar-refractivity contribution in [3.63, 3.8) is 0 Å². The number of likely N-dealkylation sites (N-methyl/N-ethyl adjacent to an activating group) is 1. The van der Waals surface area contributed by atoms with Gasteiger partial charge >= 0.3 is 0 Å². The number of nitrogens with one attached hydrogen (secondary N) is 2. The fraction of sp³-hybridized carbons (Fsp3) is 0.421. The lowest BCUT2D eigenvalue weighted by Crippen LogP contribution is -2.32. The summed E-state index contributed by atoms with van der Waals surface area (Å²) in [6.07, 6.45) is 4.01. The second-order valence-electron chi connectivity index (χ2n) is 6.74. The van der Waals surface area contributed by atoms with Crippen LogP contribution in [0.2, 0.25) is 0 Å². The number of rotatable bonds is 6. The Bertz CT molecular complexity index is 796. The minimum atomic E-state index is -0.279. The first-order valence-corrected chi connectivity index (χ1v) is 9.03. The SMILES string of the molecule is CN(C)C(=O)COc1cccc(NC(=O)c2ccn(C3CCCNC3)n2)c1. The van der Waals surface area contributed by atoms with Crippen molar-refractivity contribution < 1.29 is 14.3 Å². The molecule has 1 atom stereocenters. The number of nitrogens with zero attached hydrogens (tertiary/aromatic N) is 3. The van der Waals surface area contributed by atoms with Crippen molar-refractivity contribution >= 4 is 17.5 Å². The van der Waals surface area contributed by atoms with E-state index in [-0.39, 0.29) is 24.5 Å². The summed E-state index contributed by atoms with van der Waals surface area (Å²) in [7, 11) is 3.34. The Morgan fingerprint density at radius 2 is 2.22 bits per heavy atom. The van der Waals surface area contributed by atoms with Crippen molar-refractivity contribution in [1.29, 1.82) is 0 Å². The van der Waals surface area contributed by atoms with E-state index in [4.69, 9.17) is 4.74 Å². The van der Waals surface area contributed by atoms with Crippen molar-refractivity contribution in [2.24, 2.45) is 0 Å². The minimum Gasteiger partial charge on any atom is -0.484 e. The minimum absolute atomic E-state index is 0.0514. The molecule has 2 amide bonds. The average Bonchev–Trinajstić information content (AvgIpc) is 3.17. The highest BCUT2D eigenvalue weighted by molar-refractivity contribution is 6.02. The van der Waals surface area contributed by atoms with Crippen LogP contribution in [0.15, 0.2) is 36.5 Å². The summed E-state index contributed by atoms with van der Waals surface area (Å²) in [6.45, 7) is 1.85. The van der Waals surface area contributed by atoms with Gasteiger partial charge in [0.15, 0.2) is 12.3 Å². The Balaban J connectivity index is 1.60. The molecule has 2 heterocycles. The van der Waals surface area contributed by atoms with E-state index in [9.17, 15) is 9.59 Å². The number of benzene rings is 1. The molecule has 2 N–H and O–H groups in total. The van der Waals surface area contributed by atoms with Gasteiger partial charge in [0.2, 0.25) is 0 Å². The van der Waals surface area contributed by atoms with Gasteiger partial charge in [-0.25, -0.2) is 0 Å². The number of ether oxygens (including phenoxy) is 1. The average molecular weight is 371 g/mol. The standard InChI is InChI=1S/C19H25N5O3/c1-23(2)18(25)13-27-16-7-3-5-14(11-16)21-19(26)17-8-10-24(22-17)15-6-4-9-20-12-15/h3,5,7-8,10-11,15,20H,4,6,9,12-13H2,1-2H3,(H,21,26). The van der Waals surface area contributed by atoms with Gasteiger partial charge in [0.1, 0.15) is 5.75 Å². The molecular weight excluding hydrogens is 346 g/mol. The zero-order valence-corrected chi connectivity index (χ0v) is 15.6. The van der Waals surface area contributed by atoms with E-state index in [0.29, 0.717) is 17.1 Å². The second-order valence-corrected chi connectivity index (χ2v) is 6.74.